The van der Waals surface area contributed by atoms with Crippen LogP contribution in [-0.2, 0) is 16.2 Å². The molecule has 2 N–H and O–H groups in total. The van der Waals surface area contributed by atoms with Crippen molar-refractivity contribution in [1.29, 1.82) is 0 Å². The molecule has 0 spiro atoms. The van der Waals surface area contributed by atoms with Crippen molar-refractivity contribution < 1.29 is 31.5 Å². The lowest BCUT2D eigenvalue weighted by molar-refractivity contribution is -0.137. The monoisotopic (exact) mass is 457 g/mol. The molecule has 7 nitrogen and oxygen atoms in total. The molecule has 2 aromatic carbocycles. The van der Waals surface area contributed by atoms with Crippen molar-refractivity contribution in [3.05, 3.63) is 53.6 Å². The van der Waals surface area contributed by atoms with E-state index in [0.717, 1.165) is 12.1 Å². The van der Waals surface area contributed by atoms with E-state index in [4.69, 9.17) is 0 Å². The molecular formula is C20H22F3N3O4S. The van der Waals surface area contributed by atoms with E-state index in [-0.39, 0.29) is 17.0 Å². The summed E-state index contributed by atoms with van der Waals surface area (Å²) in [6, 6.07) is 9.40. The van der Waals surface area contributed by atoms with Crippen LogP contribution in [-0.4, -0.2) is 51.4 Å². The third-order valence-electron chi connectivity index (χ3n) is 5.04. The summed E-state index contributed by atoms with van der Waals surface area (Å²) in [5, 5.41) is 9.59. The highest BCUT2D eigenvalue weighted by Gasteiger charge is 2.31. The van der Waals surface area contributed by atoms with Crippen molar-refractivity contribution in [2.45, 2.75) is 13.1 Å². The van der Waals surface area contributed by atoms with Gasteiger partial charge in [0.25, 0.3) is 0 Å². The smallest absolute Gasteiger partial charge is 0.416 e. The molecule has 31 heavy (non-hydrogen) atoms. The summed E-state index contributed by atoms with van der Waals surface area (Å²) >= 11 is 0. The van der Waals surface area contributed by atoms with Crippen LogP contribution >= 0.6 is 0 Å². The third-order valence-corrected chi connectivity index (χ3v) is 6.35. The van der Waals surface area contributed by atoms with Crippen LogP contribution in [0.3, 0.4) is 0 Å². The maximum absolute atomic E-state index is 13.0. The molecule has 0 unspecified atom stereocenters. The molecule has 0 radical (unpaired) electrons. The van der Waals surface area contributed by atoms with Crippen molar-refractivity contribution in [1.82, 2.24) is 0 Å². The molecule has 11 heteroatoms. The fourth-order valence-electron chi connectivity index (χ4n) is 3.38. The van der Waals surface area contributed by atoms with Crippen molar-refractivity contribution in [2.75, 3.05) is 46.5 Å². The van der Waals surface area contributed by atoms with E-state index in [1.54, 1.807) is 6.07 Å². The maximum Gasteiger partial charge on any atom is 0.416 e. The Balaban J connectivity index is 1.77. The Morgan fingerprint density at radius 3 is 2.29 bits per heavy atom. The fourth-order valence-corrected chi connectivity index (χ4v) is 4.01. The molecule has 3 rings (SSSR count). The average Bonchev–Trinajstić information content (AvgIpc) is 2.73. The molecule has 1 aliphatic heterocycles. The van der Waals surface area contributed by atoms with Gasteiger partial charge in [-0.05, 0) is 43.3 Å². The lowest BCUT2D eigenvalue weighted by Gasteiger charge is -2.38. The van der Waals surface area contributed by atoms with Gasteiger partial charge in [0.05, 0.1) is 22.6 Å². The van der Waals surface area contributed by atoms with E-state index in [1.807, 2.05) is 9.80 Å². The zero-order chi connectivity index (χ0) is 22.8. The summed E-state index contributed by atoms with van der Waals surface area (Å²) in [7, 11) is -3.55. The van der Waals surface area contributed by atoms with E-state index in [9.17, 15) is 31.5 Å². The number of anilines is 3. The van der Waals surface area contributed by atoms with Crippen LogP contribution in [0.25, 0.3) is 0 Å². The molecule has 1 saturated heterocycles. The summed E-state index contributed by atoms with van der Waals surface area (Å²) in [4.78, 5) is 15.4. The number of sulfonamides is 1. The summed E-state index contributed by atoms with van der Waals surface area (Å²) in [5.41, 5.74) is 0.271. The summed E-state index contributed by atoms with van der Waals surface area (Å²) < 4.78 is 64.7. The number of carbonyl (C=O) groups is 1. The molecule has 0 atom stereocenters. The summed E-state index contributed by atoms with van der Waals surface area (Å²) in [6.07, 6.45) is -4.42. The number of rotatable bonds is 6. The second-order valence-corrected chi connectivity index (χ2v) is 9.08. The van der Waals surface area contributed by atoms with Crippen LogP contribution in [0.2, 0.25) is 0 Å². The van der Waals surface area contributed by atoms with Crippen LogP contribution in [0.15, 0.2) is 42.5 Å². The number of hydrogen-bond acceptors (Lipinski definition) is 5. The van der Waals surface area contributed by atoms with Gasteiger partial charge in [-0.15, -0.1) is 0 Å². The number of benzene rings is 2. The number of hydrogen-bond donors (Lipinski definition) is 2. The minimum Gasteiger partial charge on any atom is -0.478 e. The summed E-state index contributed by atoms with van der Waals surface area (Å²) in [6.45, 7) is 3.08. The Hall–Kier alpha value is -2.95. The van der Waals surface area contributed by atoms with Crippen molar-refractivity contribution in [3.8, 4) is 0 Å². The van der Waals surface area contributed by atoms with E-state index < -0.39 is 27.7 Å². The van der Waals surface area contributed by atoms with Gasteiger partial charge in [0, 0.05) is 37.6 Å². The molecule has 168 valence electrons. The van der Waals surface area contributed by atoms with E-state index in [1.165, 1.54) is 31.2 Å². The first-order valence-electron chi connectivity index (χ1n) is 9.55. The quantitative estimate of drug-likeness (QED) is 0.690. The largest absolute Gasteiger partial charge is 0.478 e. The Morgan fingerprint density at radius 2 is 1.71 bits per heavy atom. The van der Waals surface area contributed by atoms with E-state index in [0.29, 0.717) is 37.6 Å². The lowest BCUT2D eigenvalue weighted by Crippen LogP contribution is -2.47. The lowest BCUT2D eigenvalue weighted by atomic mass is 10.1. The number of nitrogens with zero attached hydrogens (tertiary/aromatic N) is 2. The predicted octanol–water partition coefficient (Wildman–Crippen LogP) is 3.49. The first-order chi connectivity index (χ1) is 14.5. The van der Waals surface area contributed by atoms with Crippen LogP contribution in [0.5, 0.6) is 0 Å². The minimum absolute atomic E-state index is 0.0520. The number of carboxylic acid groups (broad SMARTS) is 1. The van der Waals surface area contributed by atoms with Gasteiger partial charge in [-0.25, -0.2) is 13.2 Å². The van der Waals surface area contributed by atoms with Crippen LogP contribution in [0.1, 0.15) is 22.8 Å². The molecule has 2 aromatic rings. The second kappa shape index (κ2) is 8.66. The van der Waals surface area contributed by atoms with Gasteiger partial charge in [-0.3, -0.25) is 4.72 Å². The number of aromatic carboxylic acids is 1. The van der Waals surface area contributed by atoms with E-state index >= 15 is 0 Å². The first-order valence-corrected chi connectivity index (χ1v) is 11.2. The van der Waals surface area contributed by atoms with Crippen molar-refractivity contribution in [3.63, 3.8) is 0 Å². The number of nitrogens with one attached hydrogen (secondary N) is 1. The number of carboxylic acids is 1. The first kappa shape index (κ1) is 22.7. The van der Waals surface area contributed by atoms with Crippen LogP contribution in [0, 0.1) is 0 Å². The van der Waals surface area contributed by atoms with Gasteiger partial charge < -0.3 is 14.9 Å². The number of alkyl halides is 3. The topological polar surface area (TPSA) is 90.0 Å². The Morgan fingerprint density at radius 1 is 1.06 bits per heavy atom. The van der Waals surface area contributed by atoms with Gasteiger partial charge in [0.15, 0.2) is 0 Å². The van der Waals surface area contributed by atoms with E-state index in [2.05, 4.69) is 4.72 Å². The predicted molar refractivity (Wildman–Crippen MR) is 112 cm³/mol. The van der Waals surface area contributed by atoms with Crippen molar-refractivity contribution >= 4 is 33.1 Å². The molecule has 0 amide bonds. The van der Waals surface area contributed by atoms with Gasteiger partial charge in [-0.1, -0.05) is 6.07 Å². The van der Waals surface area contributed by atoms with Crippen LogP contribution < -0.4 is 14.5 Å². The molecule has 0 aliphatic carbocycles. The van der Waals surface area contributed by atoms with Crippen LogP contribution in [0.4, 0.5) is 30.2 Å². The second-order valence-electron chi connectivity index (χ2n) is 7.06. The van der Waals surface area contributed by atoms with Gasteiger partial charge in [-0.2, -0.15) is 13.2 Å². The highest BCUT2D eigenvalue weighted by molar-refractivity contribution is 7.92. The van der Waals surface area contributed by atoms with Gasteiger partial charge >= 0.3 is 12.1 Å². The number of piperazine rings is 1. The zero-order valence-corrected chi connectivity index (χ0v) is 17.5. The maximum atomic E-state index is 13.0. The van der Waals surface area contributed by atoms with Gasteiger partial charge in [0.1, 0.15) is 0 Å². The molecule has 1 fully saturated rings. The summed E-state index contributed by atoms with van der Waals surface area (Å²) in [5.74, 6) is -1.35. The Bertz CT molecular complexity index is 1070. The molecule has 1 aliphatic rings. The highest BCUT2D eigenvalue weighted by atomic mass is 32.2. The molecule has 0 aromatic heterocycles. The molecule has 0 saturated carbocycles. The zero-order valence-electron chi connectivity index (χ0n) is 16.7. The number of halogens is 3. The third kappa shape index (κ3) is 5.40. The highest BCUT2D eigenvalue weighted by Crippen LogP contribution is 2.32. The van der Waals surface area contributed by atoms with Crippen molar-refractivity contribution in [2.24, 2.45) is 0 Å². The van der Waals surface area contributed by atoms with Gasteiger partial charge in [0.2, 0.25) is 10.0 Å². The molecule has 0 bridgehead atoms. The fraction of sp³-hybridized carbons (Fsp3) is 0.350. The Labute approximate surface area is 178 Å². The Kier molecular flexibility index (Phi) is 6.35. The minimum atomic E-state index is -4.42. The normalized spacial score (nSPS) is 15.1. The SMILES string of the molecule is CCS(=O)(=O)Nc1ccc(N2CCN(c3cccc(C(F)(F)F)c3)CC2)c(C(=O)O)c1. The molecule has 1 heterocycles. The standard InChI is InChI=1S/C20H22F3N3O4S/c1-2-31(29,30)24-15-6-7-18(17(13-15)19(27)28)26-10-8-25(9-11-26)16-5-3-4-14(12-16)20(21,22)23/h3-7,12-13,24H,2,8-11H2,1H3,(H,27,28). The molecular weight excluding hydrogens is 435 g/mol. The average molecular weight is 457 g/mol.